The number of carbonyl (C=O) groups is 1. The normalized spacial score (nSPS) is 11.7. The molecule has 4 nitrogen and oxygen atoms in total. The largest absolute Gasteiger partial charge is 0.598 e. The van der Waals surface area contributed by atoms with E-state index >= 15 is 0 Å². The molecule has 0 saturated heterocycles. The Morgan fingerprint density at radius 1 is 1.78 bits per heavy atom. The molecule has 3 N–H and O–H groups in total. The molecular weight excluding hydrogens is 142 g/mol. The Morgan fingerprint density at radius 3 is 1.89 bits per heavy atom. The van der Waals surface area contributed by atoms with Crippen molar-refractivity contribution in [2.24, 2.45) is 5.14 Å². The van der Waals surface area contributed by atoms with Crippen molar-refractivity contribution in [2.45, 2.75) is 19.1 Å². The van der Waals surface area contributed by atoms with Gasteiger partial charge in [0.1, 0.15) is 5.25 Å². The first-order chi connectivity index (χ1) is 4.06. The first-order valence-electron chi connectivity index (χ1n) is 2.29. The Hall–Kier alpha value is -0.260. The smallest absolute Gasteiger partial charge is 0.290 e. The number of carboxylic acid groups (broad SMARTS) is 1. The number of nitrogens with two attached hydrogens (primary N) is 1. The Kier molecular flexibility index (Phi) is 9.91. The lowest BCUT2D eigenvalue weighted by Crippen LogP contribution is -2.22. The van der Waals surface area contributed by atoms with Crippen molar-refractivity contribution in [1.29, 1.82) is 0 Å². The summed E-state index contributed by atoms with van der Waals surface area (Å²) in [5, 5.41) is 11.9. The quantitative estimate of drug-likeness (QED) is 0.400. The van der Waals surface area contributed by atoms with Gasteiger partial charge in [-0.15, -0.1) is 0 Å². The lowest BCUT2D eigenvalue weighted by Gasteiger charge is -2.04. The molecule has 5 heteroatoms. The van der Waals surface area contributed by atoms with Crippen molar-refractivity contribution in [2.75, 3.05) is 0 Å². The average molecular weight is 153 g/mol. The zero-order chi connectivity index (χ0) is 7.86. The van der Waals surface area contributed by atoms with Crippen LogP contribution in [0.5, 0.6) is 0 Å². The molecule has 0 bridgehead atoms. The van der Waals surface area contributed by atoms with Crippen LogP contribution in [0.2, 0.25) is 0 Å². The lowest BCUT2D eigenvalue weighted by molar-refractivity contribution is -0.122. The molecule has 0 aromatic rings. The van der Waals surface area contributed by atoms with Gasteiger partial charge in [-0.2, -0.15) is 5.14 Å². The summed E-state index contributed by atoms with van der Waals surface area (Å²) in [6, 6.07) is 0. The molecule has 9 heavy (non-hydrogen) atoms. The number of hydrogen-bond donors (Lipinski definition) is 2. The predicted octanol–water partition coefficient (Wildman–Crippen LogP) is -0.282. The van der Waals surface area contributed by atoms with E-state index in [0.717, 1.165) is 0 Å². The molecule has 0 spiro atoms. The van der Waals surface area contributed by atoms with Gasteiger partial charge in [0, 0.05) is 11.4 Å². The van der Waals surface area contributed by atoms with E-state index in [2.05, 4.69) is 0 Å². The minimum Gasteiger partial charge on any atom is -0.598 e. The van der Waals surface area contributed by atoms with Crippen molar-refractivity contribution in [3.63, 3.8) is 0 Å². The van der Waals surface area contributed by atoms with Gasteiger partial charge in [0.05, 0.1) is 0 Å². The monoisotopic (exact) mass is 153 g/mol. The van der Waals surface area contributed by atoms with Gasteiger partial charge in [0.2, 0.25) is 0 Å². The molecule has 0 aliphatic heterocycles. The topological polar surface area (TPSA) is 86.4 Å². The van der Waals surface area contributed by atoms with E-state index in [1.54, 1.807) is 0 Å². The highest BCUT2D eigenvalue weighted by molar-refractivity contribution is 7.89. The second-order valence-corrected chi connectivity index (χ2v) is 3.08. The fourth-order valence-electron chi connectivity index (χ4n) is 0. The maximum Gasteiger partial charge on any atom is 0.290 e. The summed E-state index contributed by atoms with van der Waals surface area (Å²) in [6.45, 7) is 3.38. The lowest BCUT2D eigenvalue weighted by atomic mass is 10.6. The zero-order valence-electron chi connectivity index (χ0n) is 5.40. The van der Waals surface area contributed by atoms with Gasteiger partial charge in [0.25, 0.3) is 6.47 Å². The number of rotatable bonds is 1. The molecule has 0 aliphatic rings. The van der Waals surface area contributed by atoms with Crippen LogP contribution in [0, 0.1) is 0 Å². The molecule has 1 unspecified atom stereocenters. The van der Waals surface area contributed by atoms with Crippen molar-refractivity contribution >= 4 is 17.8 Å². The number of hydrogen-bond acceptors (Lipinski definition) is 3. The van der Waals surface area contributed by atoms with Crippen molar-refractivity contribution < 1.29 is 14.5 Å². The Bertz CT molecular complexity index is 60.8. The molecule has 0 fully saturated rings. The Balaban J connectivity index is 0. The summed E-state index contributed by atoms with van der Waals surface area (Å²) in [6.07, 6.45) is 0. The van der Waals surface area contributed by atoms with Crippen molar-refractivity contribution in [3.05, 3.63) is 0 Å². The summed E-state index contributed by atoms with van der Waals surface area (Å²) >= 11 is -1.12. The van der Waals surface area contributed by atoms with Gasteiger partial charge < -0.3 is 9.66 Å². The zero-order valence-corrected chi connectivity index (χ0v) is 6.22. The van der Waals surface area contributed by atoms with Crippen LogP contribution in [0.3, 0.4) is 0 Å². The summed E-state index contributed by atoms with van der Waals surface area (Å²) in [5.41, 5.74) is 0. The fraction of sp³-hybridized carbons (Fsp3) is 0.750. The molecular formula is C4H11NO3S. The third kappa shape index (κ3) is 18.2. The van der Waals surface area contributed by atoms with Crippen LogP contribution in [0.15, 0.2) is 0 Å². The molecule has 0 aromatic heterocycles. The average Bonchev–Trinajstić information content (AvgIpc) is 1.68. The van der Waals surface area contributed by atoms with E-state index in [1.165, 1.54) is 0 Å². The van der Waals surface area contributed by atoms with E-state index in [0.29, 0.717) is 0 Å². The minimum atomic E-state index is -1.12. The second-order valence-electron chi connectivity index (χ2n) is 1.48. The molecule has 1 atom stereocenters. The van der Waals surface area contributed by atoms with Crippen LogP contribution in [-0.4, -0.2) is 21.4 Å². The van der Waals surface area contributed by atoms with Crippen LogP contribution in [0.25, 0.3) is 0 Å². The fourth-order valence-corrected chi connectivity index (χ4v) is 0. The van der Waals surface area contributed by atoms with E-state index in [9.17, 15) is 4.55 Å². The van der Waals surface area contributed by atoms with E-state index < -0.39 is 11.4 Å². The molecule has 0 aromatic carbocycles. The van der Waals surface area contributed by atoms with Crippen LogP contribution >= 0.6 is 0 Å². The van der Waals surface area contributed by atoms with Gasteiger partial charge in [-0.3, -0.25) is 4.79 Å². The maximum atomic E-state index is 10.0. The van der Waals surface area contributed by atoms with Gasteiger partial charge in [-0.25, -0.2) is 0 Å². The second kappa shape index (κ2) is 7.74. The molecule has 0 rings (SSSR count). The van der Waals surface area contributed by atoms with Crippen LogP contribution < -0.4 is 5.14 Å². The van der Waals surface area contributed by atoms with Crippen molar-refractivity contribution in [1.82, 2.24) is 0 Å². The molecule has 0 radical (unpaired) electrons. The summed E-state index contributed by atoms with van der Waals surface area (Å²) in [5.74, 6) is 0. The van der Waals surface area contributed by atoms with Crippen LogP contribution in [0.1, 0.15) is 13.8 Å². The summed E-state index contributed by atoms with van der Waals surface area (Å²) in [4.78, 5) is 8.36. The van der Waals surface area contributed by atoms with Crippen molar-refractivity contribution in [3.8, 4) is 0 Å². The van der Waals surface area contributed by atoms with Gasteiger partial charge in [-0.1, -0.05) is 0 Å². The van der Waals surface area contributed by atoms with Gasteiger partial charge in [-0.05, 0) is 13.8 Å². The van der Waals surface area contributed by atoms with E-state index in [1.807, 2.05) is 13.8 Å². The third-order valence-electron chi connectivity index (χ3n) is 0.465. The Labute approximate surface area is 57.4 Å². The van der Waals surface area contributed by atoms with Gasteiger partial charge >= 0.3 is 0 Å². The van der Waals surface area contributed by atoms with E-state index in [4.69, 9.17) is 15.0 Å². The highest BCUT2D eigenvalue weighted by Gasteiger charge is 2.01. The maximum absolute atomic E-state index is 10.0. The van der Waals surface area contributed by atoms with Crippen LogP contribution in [-0.2, 0) is 16.2 Å². The van der Waals surface area contributed by atoms with Gasteiger partial charge in [0.15, 0.2) is 0 Å². The first-order valence-corrected chi connectivity index (χ1v) is 3.56. The Morgan fingerprint density at radius 2 is 1.89 bits per heavy atom. The third-order valence-corrected chi connectivity index (χ3v) is 1.39. The molecule has 56 valence electrons. The first kappa shape index (κ1) is 11.5. The summed E-state index contributed by atoms with van der Waals surface area (Å²) < 4.78 is 10.0. The van der Waals surface area contributed by atoms with Crippen LogP contribution in [0.4, 0.5) is 0 Å². The minimum absolute atomic E-state index is 0.102. The predicted molar refractivity (Wildman–Crippen MR) is 36.2 cm³/mol. The summed E-state index contributed by atoms with van der Waals surface area (Å²) in [7, 11) is 0. The molecule has 0 aliphatic carbocycles. The van der Waals surface area contributed by atoms with E-state index in [-0.39, 0.29) is 11.7 Å². The molecule has 0 amide bonds. The standard InChI is InChI=1S/C3H9NOS.CH2O2/c1-3(2)6(4)5;2-1-3/h3H,4H2,1-2H3;1H,(H,2,3). The molecule has 0 heterocycles. The SMILES string of the molecule is CC(C)[S+](N)[O-].O=CO. The molecule has 0 saturated carbocycles. The highest BCUT2D eigenvalue weighted by Crippen LogP contribution is 1.88. The highest BCUT2D eigenvalue weighted by atomic mass is 32.2.